The van der Waals surface area contributed by atoms with Crippen LogP contribution in [0.1, 0.15) is 35.7 Å². The number of esters is 1. The molecule has 5 rings (SSSR count). The van der Waals surface area contributed by atoms with Gasteiger partial charge in [-0.15, -0.1) is 5.10 Å². The standard InChI is InChI=1S/C28H27N7O2/c1-3-4-15-35(27-24-16-21(28(36)37-2)13-14-25(24)29-18-30-27)17-19-9-11-20(12-10-19)22-7-5-6-8-23(22)26-31-33-34-32-26/h5-14,16,18H,3-4,15,17H2,1-2H3,(H,31,32,33,34). The molecule has 37 heavy (non-hydrogen) atoms. The SMILES string of the molecule is CCCCN(Cc1ccc(-c2ccccc2-c2nnn[nH]2)cc1)c1ncnc2ccc(C(=O)OC)cc12. The summed E-state index contributed by atoms with van der Waals surface area (Å²) in [6, 6.07) is 21.9. The lowest BCUT2D eigenvalue weighted by molar-refractivity contribution is 0.0601. The van der Waals surface area contributed by atoms with Crippen molar-refractivity contribution < 1.29 is 9.53 Å². The molecule has 0 aliphatic carbocycles. The van der Waals surface area contributed by atoms with Crippen molar-refractivity contribution >= 4 is 22.7 Å². The number of methoxy groups -OCH3 is 1. The molecule has 0 bridgehead atoms. The molecular weight excluding hydrogens is 466 g/mol. The van der Waals surface area contributed by atoms with E-state index in [2.05, 4.69) is 72.7 Å². The lowest BCUT2D eigenvalue weighted by atomic mass is 9.98. The number of hydrogen-bond donors (Lipinski definition) is 1. The van der Waals surface area contributed by atoms with E-state index in [0.29, 0.717) is 17.9 Å². The molecular formula is C28H27N7O2. The van der Waals surface area contributed by atoms with Gasteiger partial charge in [0.15, 0.2) is 5.82 Å². The Bertz CT molecular complexity index is 1500. The summed E-state index contributed by atoms with van der Waals surface area (Å²) in [5.74, 6) is 1.05. The van der Waals surface area contributed by atoms with Gasteiger partial charge in [0.1, 0.15) is 12.1 Å². The fourth-order valence-corrected chi connectivity index (χ4v) is 4.37. The summed E-state index contributed by atoms with van der Waals surface area (Å²) in [5.41, 5.74) is 5.48. The van der Waals surface area contributed by atoms with Crippen LogP contribution < -0.4 is 4.90 Å². The number of H-pyrrole nitrogens is 1. The Morgan fingerprint density at radius 2 is 1.81 bits per heavy atom. The third-order valence-electron chi connectivity index (χ3n) is 6.28. The van der Waals surface area contributed by atoms with E-state index in [-0.39, 0.29) is 5.97 Å². The van der Waals surface area contributed by atoms with Crippen LogP contribution in [0.4, 0.5) is 5.82 Å². The average molecular weight is 494 g/mol. The molecule has 9 heteroatoms. The molecule has 3 aromatic carbocycles. The smallest absolute Gasteiger partial charge is 0.337 e. The molecule has 186 valence electrons. The fraction of sp³-hybridized carbons (Fsp3) is 0.214. The van der Waals surface area contributed by atoms with Crippen LogP contribution in [0, 0.1) is 0 Å². The maximum atomic E-state index is 12.2. The molecule has 0 unspecified atom stereocenters. The Kier molecular flexibility index (Phi) is 7.12. The summed E-state index contributed by atoms with van der Waals surface area (Å²) in [6.07, 6.45) is 3.64. The zero-order chi connectivity index (χ0) is 25.6. The monoisotopic (exact) mass is 493 g/mol. The Morgan fingerprint density at radius 1 is 1.00 bits per heavy atom. The normalized spacial score (nSPS) is 11.0. The number of nitrogens with one attached hydrogen (secondary N) is 1. The van der Waals surface area contributed by atoms with Gasteiger partial charge in [0, 0.05) is 24.0 Å². The number of carbonyl (C=O) groups is 1. The number of anilines is 1. The first kappa shape index (κ1) is 24.1. The molecule has 0 aliphatic heterocycles. The summed E-state index contributed by atoms with van der Waals surface area (Å²) >= 11 is 0. The molecule has 0 radical (unpaired) electrons. The van der Waals surface area contributed by atoms with Crippen LogP contribution in [0.2, 0.25) is 0 Å². The van der Waals surface area contributed by atoms with Gasteiger partial charge in [-0.25, -0.2) is 19.9 Å². The fourth-order valence-electron chi connectivity index (χ4n) is 4.37. The second-order valence-electron chi connectivity index (χ2n) is 8.69. The van der Waals surface area contributed by atoms with Gasteiger partial charge in [-0.2, -0.15) is 0 Å². The van der Waals surface area contributed by atoms with E-state index in [1.54, 1.807) is 12.4 Å². The quantitative estimate of drug-likeness (QED) is 0.283. The number of hydrogen-bond acceptors (Lipinski definition) is 8. The molecule has 0 amide bonds. The molecule has 5 aromatic rings. The van der Waals surface area contributed by atoms with Gasteiger partial charge in [-0.3, -0.25) is 0 Å². The number of aromatic amines is 1. The number of fused-ring (bicyclic) bond motifs is 1. The van der Waals surface area contributed by atoms with Gasteiger partial charge >= 0.3 is 5.97 Å². The number of carbonyl (C=O) groups excluding carboxylic acids is 1. The number of ether oxygens (including phenoxy) is 1. The lowest BCUT2D eigenvalue weighted by Gasteiger charge is -2.25. The highest BCUT2D eigenvalue weighted by molar-refractivity contribution is 5.98. The van der Waals surface area contributed by atoms with Gasteiger partial charge in [0.05, 0.1) is 18.2 Å². The summed E-state index contributed by atoms with van der Waals surface area (Å²) < 4.78 is 4.92. The predicted molar refractivity (Wildman–Crippen MR) is 142 cm³/mol. The van der Waals surface area contributed by atoms with Crippen LogP contribution >= 0.6 is 0 Å². The van der Waals surface area contributed by atoms with E-state index in [9.17, 15) is 4.79 Å². The second-order valence-corrected chi connectivity index (χ2v) is 8.69. The predicted octanol–water partition coefficient (Wildman–Crippen LogP) is 5.07. The molecule has 0 fully saturated rings. The Balaban J connectivity index is 1.46. The van der Waals surface area contributed by atoms with Crippen LogP contribution in [-0.4, -0.2) is 50.2 Å². The molecule has 0 atom stereocenters. The highest BCUT2D eigenvalue weighted by Crippen LogP contribution is 2.31. The van der Waals surface area contributed by atoms with Crippen molar-refractivity contribution in [1.29, 1.82) is 0 Å². The van der Waals surface area contributed by atoms with E-state index in [0.717, 1.165) is 58.4 Å². The maximum absolute atomic E-state index is 12.2. The van der Waals surface area contributed by atoms with Crippen LogP contribution in [-0.2, 0) is 11.3 Å². The van der Waals surface area contributed by atoms with Gasteiger partial charge in [-0.1, -0.05) is 61.9 Å². The van der Waals surface area contributed by atoms with E-state index >= 15 is 0 Å². The summed E-state index contributed by atoms with van der Waals surface area (Å²) in [7, 11) is 1.38. The third-order valence-corrected chi connectivity index (χ3v) is 6.28. The summed E-state index contributed by atoms with van der Waals surface area (Å²) in [5, 5.41) is 15.2. The lowest BCUT2D eigenvalue weighted by Crippen LogP contribution is -2.25. The molecule has 0 aliphatic rings. The molecule has 0 saturated heterocycles. The average Bonchev–Trinajstić information content (AvgIpc) is 3.50. The molecule has 1 N–H and O–H groups in total. The minimum absolute atomic E-state index is 0.381. The summed E-state index contributed by atoms with van der Waals surface area (Å²) in [4.78, 5) is 23.4. The molecule has 2 heterocycles. The van der Waals surface area contributed by atoms with E-state index < -0.39 is 0 Å². The van der Waals surface area contributed by atoms with Crippen molar-refractivity contribution in [2.45, 2.75) is 26.3 Å². The number of tetrazole rings is 1. The number of benzene rings is 3. The first-order valence-electron chi connectivity index (χ1n) is 12.2. The zero-order valence-corrected chi connectivity index (χ0v) is 20.8. The molecule has 0 saturated carbocycles. The van der Waals surface area contributed by atoms with Gasteiger partial charge < -0.3 is 9.64 Å². The molecule has 2 aromatic heterocycles. The minimum atomic E-state index is -0.381. The van der Waals surface area contributed by atoms with E-state index in [4.69, 9.17) is 4.74 Å². The Hall–Kier alpha value is -4.66. The van der Waals surface area contributed by atoms with Crippen molar-refractivity contribution in [3.63, 3.8) is 0 Å². The van der Waals surface area contributed by atoms with Crippen molar-refractivity contribution in [3.8, 4) is 22.5 Å². The summed E-state index contributed by atoms with van der Waals surface area (Å²) in [6.45, 7) is 3.67. The van der Waals surface area contributed by atoms with Crippen molar-refractivity contribution in [2.24, 2.45) is 0 Å². The highest BCUT2D eigenvalue weighted by atomic mass is 16.5. The van der Waals surface area contributed by atoms with Gasteiger partial charge in [0.2, 0.25) is 0 Å². The zero-order valence-electron chi connectivity index (χ0n) is 20.8. The number of nitrogens with zero attached hydrogens (tertiary/aromatic N) is 6. The van der Waals surface area contributed by atoms with Crippen LogP contribution in [0.3, 0.4) is 0 Å². The topological polar surface area (TPSA) is 110 Å². The van der Waals surface area contributed by atoms with Crippen molar-refractivity contribution in [1.82, 2.24) is 30.6 Å². The Morgan fingerprint density at radius 3 is 2.54 bits per heavy atom. The minimum Gasteiger partial charge on any atom is -0.465 e. The Labute approximate surface area is 214 Å². The number of aromatic nitrogens is 6. The number of unbranched alkanes of at least 4 members (excludes halogenated alkanes) is 1. The number of rotatable bonds is 9. The highest BCUT2D eigenvalue weighted by Gasteiger charge is 2.16. The largest absolute Gasteiger partial charge is 0.465 e. The van der Waals surface area contributed by atoms with Crippen molar-refractivity contribution in [2.75, 3.05) is 18.6 Å². The van der Waals surface area contributed by atoms with E-state index in [1.807, 2.05) is 30.3 Å². The van der Waals surface area contributed by atoms with Crippen molar-refractivity contribution in [3.05, 3.63) is 84.2 Å². The van der Waals surface area contributed by atoms with Gasteiger partial charge in [-0.05, 0) is 51.7 Å². The molecule has 9 nitrogen and oxygen atoms in total. The first-order chi connectivity index (χ1) is 18.2. The van der Waals surface area contributed by atoms with Crippen LogP contribution in [0.25, 0.3) is 33.4 Å². The first-order valence-corrected chi connectivity index (χ1v) is 12.2. The van der Waals surface area contributed by atoms with Crippen LogP contribution in [0.5, 0.6) is 0 Å². The van der Waals surface area contributed by atoms with Gasteiger partial charge in [0.25, 0.3) is 0 Å². The second kappa shape index (κ2) is 10.9. The third kappa shape index (κ3) is 5.16. The molecule has 0 spiro atoms. The maximum Gasteiger partial charge on any atom is 0.337 e. The van der Waals surface area contributed by atoms with E-state index in [1.165, 1.54) is 7.11 Å². The van der Waals surface area contributed by atoms with Crippen LogP contribution in [0.15, 0.2) is 73.1 Å².